The summed E-state index contributed by atoms with van der Waals surface area (Å²) in [6.07, 6.45) is 1.26. The molecule has 2 aliphatic rings. The van der Waals surface area contributed by atoms with Crippen LogP contribution in [0.4, 0.5) is 4.79 Å². The number of carbonyl (C=O) groups excluding carboxylic acids is 1. The summed E-state index contributed by atoms with van der Waals surface area (Å²) in [5.74, 6) is 1.45. The highest BCUT2D eigenvalue weighted by Gasteiger charge is 2.45. The molecule has 1 saturated carbocycles. The number of sulfonamides is 1. The molecule has 31 heavy (non-hydrogen) atoms. The van der Waals surface area contributed by atoms with Gasteiger partial charge in [-0.1, -0.05) is 24.3 Å². The monoisotopic (exact) mass is 445 g/mol. The standard InChI is InChI=1S/C22H27N3O5S/c1-15(16-4-8-18(29-2)9-5-16)25-21(17-6-10-19(30-3)11-7-17)14-24(22(25)26)23-31(27,28)20-12-13-20/h4-11,15,20-21,23H,12-14H2,1-3H3. The number of nitrogens with zero attached hydrogens (tertiary/aromatic N) is 2. The molecule has 0 radical (unpaired) electrons. The predicted molar refractivity (Wildman–Crippen MR) is 116 cm³/mol. The van der Waals surface area contributed by atoms with Crippen LogP contribution in [-0.4, -0.2) is 50.4 Å². The van der Waals surface area contributed by atoms with Gasteiger partial charge in [-0.05, 0) is 55.2 Å². The van der Waals surface area contributed by atoms with Crippen molar-refractivity contribution in [3.63, 3.8) is 0 Å². The van der Waals surface area contributed by atoms with Crippen LogP contribution in [0.3, 0.4) is 0 Å². The number of urea groups is 1. The van der Waals surface area contributed by atoms with E-state index in [1.54, 1.807) is 19.1 Å². The zero-order valence-corrected chi connectivity index (χ0v) is 18.6. The molecule has 4 rings (SSSR count). The summed E-state index contributed by atoms with van der Waals surface area (Å²) < 4.78 is 35.4. The van der Waals surface area contributed by atoms with E-state index in [4.69, 9.17) is 9.47 Å². The fourth-order valence-corrected chi connectivity index (χ4v) is 5.23. The summed E-state index contributed by atoms with van der Waals surface area (Å²) in [5, 5.41) is 0.815. The van der Waals surface area contributed by atoms with Gasteiger partial charge < -0.3 is 14.4 Å². The Kier molecular flexibility index (Phi) is 5.81. The van der Waals surface area contributed by atoms with Gasteiger partial charge in [-0.2, -0.15) is 0 Å². The number of hydrogen-bond acceptors (Lipinski definition) is 5. The van der Waals surface area contributed by atoms with Crippen molar-refractivity contribution in [3.8, 4) is 11.5 Å². The van der Waals surface area contributed by atoms with E-state index in [-0.39, 0.29) is 24.7 Å². The van der Waals surface area contributed by atoms with Gasteiger partial charge in [0, 0.05) is 0 Å². The van der Waals surface area contributed by atoms with Gasteiger partial charge in [0.05, 0.1) is 38.1 Å². The molecule has 0 bridgehead atoms. The molecule has 2 amide bonds. The van der Waals surface area contributed by atoms with Crippen molar-refractivity contribution >= 4 is 16.1 Å². The Bertz CT molecular complexity index is 1040. The number of methoxy groups -OCH3 is 2. The van der Waals surface area contributed by atoms with E-state index in [1.165, 1.54) is 5.01 Å². The van der Waals surface area contributed by atoms with Gasteiger partial charge in [-0.15, -0.1) is 4.83 Å². The number of ether oxygens (including phenoxy) is 2. The molecule has 2 fully saturated rings. The molecule has 166 valence electrons. The Morgan fingerprint density at radius 2 is 1.52 bits per heavy atom. The number of hydrazine groups is 1. The number of carbonyl (C=O) groups is 1. The highest BCUT2D eigenvalue weighted by molar-refractivity contribution is 7.90. The van der Waals surface area contributed by atoms with Crippen molar-refractivity contribution in [3.05, 3.63) is 59.7 Å². The molecular formula is C22H27N3O5S. The summed E-state index contributed by atoms with van der Waals surface area (Å²) in [5.41, 5.74) is 1.84. The summed E-state index contributed by atoms with van der Waals surface area (Å²) in [6.45, 7) is 2.16. The summed E-state index contributed by atoms with van der Waals surface area (Å²) in [4.78, 5) is 17.6. The molecule has 2 aromatic rings. The number of amides is 2. The van der Waals surface area contributed by atoms with Crippen molar-refractivity contribution in [2.75, 3.05) is 20.8 Å². The van der Waals surface area contributed by atoms with E-state index in [0.29, 0.717) is 18.6 Å². The van der Waals surface area contributed by atoms with Crippen LogP contribution in [0.15, 0.2) is 48.5 Å². The topological polar surface area (TPSA) is 88.2 Å². The highest BCUT2D eigenvalue weighted by atomic mass is 32.2. The fourth-order valence-electron chi connectivity index (χ4n) is 3.87. The third kappa shape index (κ3) is 4.33. The van der Waals surface area contributed by atoms with Crippen LogP contribution in [0.2, 0.25) is 0 Å². The molecule has 1 aliphatic heterocycles. The first-order valence-electron chi connectivity index (χ1n) is 10.2. The number of rotatable bonds is 8. The van der Waals surface area contributed by atoms with Gasteiger partial charge in [0.1, 0.15) is 11.5 Å². The van der Waals surface area contributed by atoms with Gasteiger partial charge in [-0.3, -0.25) is 0 Å². The average Bonchev–Trinajstić information content (AvgIpc) is 3.60. The second kappa shape index (κ2) is 8.39. The van der Waals surface area contributed by atoms with E-state index in [0.717, 1.165) is 16.9 Å². The fraction of sp³-hybridized carbons (Fsp3) is 0.409. The lowest BCUT2D eigenvalue weighted by Gasteiger charge is -2.30. The first-order chi connectivity index (χ1) is 14.8. The van der Waals surface area contributed by atoms with E-state index >= 15 is 0 Å². The molecule has 2 aromatic carbocycles. The van der Waals surface area contributed by atoms with Crippen LogP contribution in [0.5, 0.6) is 11.5 Å². The first kappa shape index (κ1) is 21.5. The summed E-state index contributed by atoms with van der Waals surface area (Å²) in [6, 6.07) is 14.1. The van der Waals surface area contributed by atoms with Gasteiger partial charge in [0.25, 0.3) is 0 Å². The molecule has 1 N–H and O–H groups in total. The highest BCUT2D eigenvalue weighted by Crippen LogP contribution is 2.38. The normalized spacial score (nSPS) is 20.1. The van der Waals surface area contributed by atoms with Crippen molar-refractivity contribution < 1.29 is 22.7 Å². The summed E-state index contributed by atoms with van der Waals surface area (Å²) in [7, 11) is -0.350. The zero-order valence-electron chi connectivity index (χ0n) is 17.8. The Morgan fingerprint density at radius 1 is 0.968 bits per heavy atom. The van der Waals surface area contributed by atoms with Crippen molar-refractivity contribution in [1.29, 1.82) is 0 Å². The maximum Gasteiger partial charge on any atom is 0.336 e. The van der Waals surface area contributed by atoms with Gasteiger partial charge in [0.2, 0.25) is 10.0 Å². The molecule has 2 atom stereocenters. The van der Waals surface area contributed by atoms with Crippen LogP contribution in [0, 0.1) is 0 Å². The number of benzene rings is 2. The number of nitrogens with one attached hydrogen (secondary N) is 1. The second-order valence-corrected chi connectivity index (χ2v) is 9.81. The lowest BCUT2D eigenvalue weighted by Crippen LogP contribution is -2.46. The van der Waals surface area contributed by atoms with E-state index in [9.17, 15) is 13.2 Å². The van der Waals surface area contributed by atoms with Crippen LogP contribution < -0.4 is 14.3 Å². The van der Waals surface area contributed by atoms with E-state index in [1.807, 2.05) is 55.5 Å². The zero-order chi connectivity index (χ0) is 22.2. The van der Waals surface area contributed by atoms with Crippen LogP contribution in [-0.2, 0) is 10.0 Å². The minimum absolute atomic E-state index is 0.220. The maximum absolute atomic E-state index is 13.3. The molecule has 8 nitrogen and oxygen atoms in total. The smallest absolute Gasteiger partial charge is 0.336 e. The van der Waals surface area contributed by atoms with Gasteiger partial charge in [0.15, 0.2) is 0 Å². The van der Waals surface area contributed by atoms with E-state index in [2.05, 4.69) is 4.83 Å². The largest absolute Gasteiger partial charge is 0.497 e. The Hall–Kier alpha value is -2.78. The molecule has 0 spiro atoms. The van der Waals surface area contributed by atoms with Crippen LogP contribution in [0.1, 0.15) is 43.0 Å². The predicted octanol–water partition coefficient (Wildman–Crippen LogP) is 3.24. The van der Waals surface area contributed by atoms with Crippen molar-refractivity contribution in [2.45, 2.75) is 37.1 Å². The molecule has 1 aliphatic carbocycles. The minimum atomic E-state index is -3.55. The maximum atomic E-state index is 13.3. The Morgan fingerprint density at radius 3 is 2.03 bits per heavy atom. The average molecular weight is 446 g/mol. The van der Waals surface area contributed by atoms with E-state index < -0.39 is 15.3 Å². The first-order valence-corrected chi connectivity index (χ1v) is 11.8. The molecule has 1 saturated heterocycles. The number of hydrogen-bond donors (Lipinski definition) is 1. The second-order valence-electron chi connectivity index (χ2n) is 7.87. The lowest BCUT2D eigenvalue weighted by molar-refractivity contribution is 0.166. The third-order valence-electron chi connectivity index (χ3n) is 5.86. The minimum Gasteiger partial charge on any atom is -0.497 e. The van der Waals surface area contributed by atoms with Crippen LogP contribution in [0.25, 0.3) is 0 Å². The van der Waals surface area contributed by atoms with Gasteiger partial charge >= 0.3 is 6.03 Å². The lowest BCUT2D eigenvalue weighted by atomic mass is 10.0. The summed E-state index contributed by atoms with van der Waals surface area (Å²) >= 11 is 0. The SMILES string of the molecule is COc1ccc(C(C)N2C(=O)N(NS(=O)(=O)C3CC3)CC2c2ccc(OC)cc2)cc1. The van der Waals surface area contributed by atoms with Crippen molar-refractivity contribution in [2.24, 2.45) is 0 Å². The molecule has 0 aromatic heterocycles. The third-order valence-corrected chi connectivity index (χ3v) is 7.68. The molecule has 9 heteroatoms. The van der Waals surface area contributed by atoms with Crippen molar-refractivity contribution in [1.82, 2.24) is 14.7 Å². The molecule has 1 heterocycles. The quantitative estimate of drug-likeness (QED) is 0.674. The van der Waals surface area contributed by atoms with Gasteiger partial charge in [-0.25, -0.2) is 18.2 Å². The van der Waals surface area contributed by atoms with Crippen LogP contribution >= 0.6 is 0 Å². The Labute approximate surface area is 182 Å². The molecule has 2 unspecified atom stereocenters. The molecular weight excluding hydrogens is 418 g/mol. The Balaban J connectivity index is 1.65.